The van der Waals surface area contributed by atoms with Crippen molar-refractivity contribution in [2.24, 2.45) is 5.73 Å². The Bertz CT molecular complexity index is 259. The van der Waals surface area contributed by atoms with Gasteiger partial charge in [-0.1, -0.05) is 0 Å². The molecule has 0 saturated heterocycles. The van der Waals surface area contributed by atoms with Gasteiger partial charge >= 0.3 is 0 Å². The molecule has 3 nitrogen and oxygen atoms in total. The molecule has 0 bridgehead atoms. The molecule has 0 aromatic carbocycles. The van der Waals surface area contributed by atoms with Crippen LogP contribution in [0.1, 0.15) is 11.9 Å². The standard InChI is InChI=1S/C7H11FN2OP/c8-6(5-9)7-3-1-2-4-10(7)11-12/h1-4,6H,5,9,12H2/q+1. The molecule has 1 rings (SSSR count). The van der Waals surface area contributed by atoms with Gasteiger partial charge in [0.1, 0.15) is 9.47 Å². The SMILES string of the molecule is NCC(F)c1cccc[n+]1OP. The lowest BCUT2D eigenvalue weighted by Gasteiger charge is -2.01. The van der Waals surface area contributed by atoms with E-state index < -0.39 is 6.17 Å². The molecule has 2 N–H and O–H groups in total. The summed E-state index contributed by atoms with van der Waals surface area (Å²) < 4.78 is 19.2. The maximum Gasteiger partial charge on any atom is 0.269 e. The van der Waals surface area contributed by atoms with E-state index in [9.17, 15) is 4.39 Å². The summed E-state index contributed by atoms with van der Waals surface area (Å²) in [5.41, 5.74) is 5.59. The van der Waals surface area contributed by atoms with Crippen molar-refractivity contribution in [1.29, 1.82) is 0 Å². The Morgan fingerprint density at radius 1 is 1.67 bits per heavy atom. The van der Waals surface area contributed by atoms with Gasteiger partial charge in [0.15, 0.2) is 0 Å². The number of rotatable bonds is 3. The first-order valence-electron chi connectivity index (χ1n) is 3.51. The number of aromatic nitrogens is 1. The average molecular weight is 189 g/mol. The second-order valence-corrected chi connectivity index (χ2v) is 2.47. The number of nitrogens with zero attached hydrogens (tertiary/aromatic N) is 1. The molecule has 0 aliphatic heterocycles. The van der Waals surface area contributed by atoms with Crippen LogP contribution in [0.3, 0.4) is 0 Å². The molecule has 1 aromatic rings. The molecule has 0 saturated carbocycles. The summed E-state index contributed by atoms with van der Waals surface area (Å²) >= 11 is 0. The van der Waals surface area contributed by atoms with Crippen molar-refractivity contribution in [3.63, 3.8) is 0 Å². The first-order chi connectivity index (χ1) is 5.79. The zero-order valence-corrected chi connectivity index (χ0v) is 7.64. The predicted molar refractivity (Wildman–Crippen MR) is 45.8 cm³/mol. The van der Waals surface area contributed by atoms with E-state index in [0.29, 0.717) is 5.69 Å². The highest BCUT2D eigenvalue weighted by Gasteiger charge is 2.20. The van der Waals surface area contributed by atoms with Crippen LogP contribution in [0.2, 0.25) is 0 Å². The Morgan fingerprint density at radius 3 is 3.00 bits per heavy atom. The molecular weight excluding hydrogens is 178 g/mol. The molecule has 0 amide bonds. The molecule has 1 heterocycles. The first kappa shape index (κ1) is 9.36. The number of halogens is 1. The van der Waals surface area contributed by atoms with Gasteiger partial charge in [-0.05, 0) is 6.07 Å². The fraction of sp³-hybridized carbons (Fsp3) is 0.286. The van der Waals surface area contributed by atoms with E-state index >= 15 is 0 Å². The van der Waals surface area contributed by atoms with Gasteiger partial charge in [-0.2, -0.15) is 0 Å². The summed E-state index contributed by atoms with van der Waals surface area (Å²) in [5.74, 6) is 0. The van der Waals surface area contributed by atoms with Crippen LogP contribution in [0, 0.1) is 0 Å². The second kappa shape index (κ2) is 4.33. The average Bonchev–Trinajstić information content (AvgIpc) is 2.16. The van der Waals surface area contributed by atoms with E-state index in [1.54, 1.807) is 24.4 Å². The van der Waals surface area contributed by atoms with Crippen LogP contribution in [0.4, 0.5) is 4.39 Å². The van der Waals surface area contributed by atoms with E-state index in [1.165, 1.54) is 4.73 Å². The molecule has 1 aromatic heterocycles. The van der Waals surface area contributed by atoms with Gasteiger partial charge in [-0.15, -0.1) is 0 Å². The number of nitrogens with two attached hydrogens (primary N) is 1. The van der Waals surface area contributed by atoms with Crippen molar-refractivity contribution >= 4 is 9.47 Å². The maximum absolute atomic E-state index is 13.1. The summed E-state index contributed by atoms with van der Waals surface area (Å²) in [6.07, 6.45) is 0.427. The normalized spacial score (nSPS) is 12.6. The molecule has 0 aliphatic rings. The lowest BCUT2D eigenvalue weighted by Crippen LogP contribution is -2.42. The topological polar surface area (TPSA) is 39.1 Å². The minimum atomic E-state index is -1.19. The highest BCUT2D eigenvalue weighted by molar-refractivity contribution is 7.09. The van der Waals surface area contributed by atoms with Gasteiger partial charge in [-0.25, -0.2) is 4.39 Å². The zero-order chi connectivity index (χ0) is 8.97. The molecule has 66 valence electrons. The lowest BCUT2D eigenvalue weighted by molar-refractivity contribution is -0.861. The number of pyridine rings is 1. The monoisotopic (exact) mass is 189 g/mol. The lowest BCUT2D eigenvalue weighted by atomic mass is 10.2. The molecule has 0 aliphatic carbocycles. The van der Waals surface area contributed by atoms with E-state index in [1.807, 2.05) is 9.47 Å². The van der Waals surface area contributed by atoms with Crippen molar-refractivity contribution in [3.05, 3.63) is 30.1 Å². The quantitative estimate of drug-likeness (QED) is 0.543. The molecule has 2 unspecified atom stereocenters. The Labute approximate surface area is 72.6 Å². The van der Waals surface area contributed by atoms with E-state index in [-0.39, 0.29) is 6.54 Å². The molecular formula is C7H11FN2OP+. The fourth-order valence-electron chi connectivity index (χ4n) is 0.901. The van der Waals surface area contributed by atoms with E-state index in [4.69, 9.17) is 10.4 Å². The maximum atomic E-state index is 13.1. The highest BCUT2D eigenvalue weighted by atomic mass is 31.0. The number of hydrogen-bond donors (Lipinski definition) is 1. The van der Waals surface area contributed by atoms with Gasteiger partial charge in [0.25, 0.3) is 5.69 Å². The fourth-order valence-corrected chi connectivity index (χ4v) is 1.09. The molecule has 0 spiro atoms. The van der Waals surface area contributed by atoms with Crippen molar-refractivity contribution in [1.82, 2.24) is 0 Å². The Balaban J connectivity index is 2.96. The molecule has 5 heteroatoms. The van der Waals surface area contributed by atoms with Crippen molar-refractivity contribution in [2.45, 2.75) is 6.17 Å². The molecule has 2 atom stereocenters. The third-order valence-corrected chi connectivity index (χ3v) is 1.72. The summed E-state index contributed by atoms with van der Waals surface area (Å²) in [6, 6.07) is 5.11. The van der Waals surface area contributed by atoms with Crippen LogP contribution in [0.5, 0.6) is 0 Å². The summed E-state index contributed by atoms with van der Waals surface area (Å²) in [6.45, 7) is -0.0436. The van der Waals surface area contributed by atoms with Crippen LogP contribution in [0.25, 0.3) is 0 Å². The van der Waals surface area contributed by atoms with Crippen LogP contribution in [-0.4, -0.2) is 6.54 Å². The van der Waals surface area contributed by atoms with Gasteiger partial charge < -0.3 is 5.73 Å². The van der Waals surface area contributed by atoms with Crippen molar-refractivity contribution in [3.8, 4) is 0 Å². The summed E-state index contributed by atoms with van der Waals surface area (Å²) in [7, 11) is 2.05. The number of alkyl halides is 1. The van der Waals surface area contributed by atoms with Gasteiger partial charge in [-0.3, -0.25) is 4.62 Å². The second-order valence-electron chi connectivity index (χ2n) is 2.26. The first-order valence-corrected chi connectivity index (χ1v) is 3.98. The summed E-state index contributed by atoms with van der Waals surface area (Å²) in [5, 5.41) is 0. The van der Waals surface area contributed by atoms with Crippen molar-refractivity contribution in [2.75, 3.05) is 6.54 Å². The van der Waals surface area contributed by atoms with Crippen molar-refractivity contribution < 1.29 is 13.7 Å². The molecule has 0 radical (unpaired) electrons. The van der Waals surface area contributed by atoms with Gasteiger partial charge in [0.05, 0.1) is 0 Å². The Kier molecular flexibility index (Phi) is 3.38. The number of hydrogen-bond acceptors (Lipinski definition) is 2. The molecule has 0 fully saturated rings. The summed E-state index contributed by atoms with van der Waals surface area (Å²) in [4.78, 5) is 0. The van der Waals surface area contributed by atoms with Crippen LogP contribution in [0.15, 0.2) is 24.4 Å². The Hall–Kier alpha value is -0.730. The van der Waals surface area contributed by atoms with Crippen LogP contribution >= 0.6 is 9.47 Å². The largest absolute Gasteiger partial charge is 0.327 e. The Morgan fingerprint density at radius 2 is 2.42 bits per heavy atom. The third kappa shape index (κ3) is 1.90. The van der Waals surface area contributed by atoms with Gasteiger partial charge in [0.2, 0.25) is 12.4 Å². The van der Waals surface area contributed by atoms with Crippen LogP contribution < -0.4 is 15.1 Å². The van der Waals surface area contributed by atoms with Gasteiger partial charge in [0, 0.05) is 23.4 Å². The van der Waals surface area contributed by atoms with E-state index in [0.717, 1.165) is 0 Å². The molecule has 12 heavy (non-hydrogen) atoms. The smallest absolute Gasteiger partial charge is 0.269 e. The van der Waals surface area contributed by atoms with Crippen LogP contribution in [-0.2, 0) is 0 Å². The minimum Gasteiger partial charge on any atom is -0.327 e. The highest BCUT2D eigenvalue weighted by Crippen LogP contribution is 2.09. The zero-order valence-electron chi connectivity index (χ0n) is 6.48. The van der Waals surface area contributed by atoms with E-state index in [2.05, 4.69) is 0 Å². The minimum absolute atomic E-state index is 0.0436. The third-order valence-electron chi connectivity index (χ3n) is 1.50. The predicted octanol–water partition coefficient (Wildman–Crippen LogP) is 0.162.